The summed E-state index contributed by atoms with van der Waals surface area (Å²) in [4.78, 5) is 1.80. The standard InChI is InChI=1S/C14H18F3N2.ClHO4/c1-18(2)9-12(10-19(3)4)11-6-5-7-13(8-11)14(15,16)17;2-1(3,4)5/h5-10H,1-4H3;(H,2,3,4,5)/q+1;/p-1. The molecule has 0 radical (unpaired) electrons. The summed E-state index contributed by atoms with van der Waals surface area (Å²) < 4.78 is 73.9. The highest BCUT2D eigenvalue weighted by atomic mass is 35.7. The number of nitrogens with zero attached hydrogens (tertiary/aromatic N) is 2. The van der Waals surface area contributed by atoms with E-state index in [0.717, 1.165) is 17.7 Å². The van der Waals surface area contributed by atoms with Crippen LogP contribution in [-0.2, 0) is 6.18 Å². The fraction of sp³-hybridized carbons (Fsp3) is 0.357. The summed E-state index contributed by atoms with van der Waals surface area (Å²) in [5.74, 6) is 0. The lowest BCUT2D eigenvalue weighted by molar-refractivity contribution is -2.00. The van der Waals surface area contributed by atoms with E-state index in [4.69, 9.17) is 18.6 Å². The third-order valence-electron chi connectivity index (χ3n) is 2.32. The number of allylic oxidation sites excluding steroid dienone is 1. The quantitative estimate of drug-likeness (QED) is 0.461. The van der Waals surface area contributed by atoms with Gasteiger partial charge in [-0.25, -0.2) is 23.2 Å². The van der Waals surface area contributed by atoms with Gasteiger partial charge in [0.1, 0.15) is 14.1 Å². The minimum Gasteiger partial charge on any atom is -0.383 e. The zero-order valence-corrected chi connectivity index (χ0v) is 14.3. The average Bonchev–Trinajstić information content (AvgIpc) is 2.34. The molecular formula is C14H18ClF3N2O4. The molecule has 0 atom stereocenters. The number of benzene rings is 1. The maximum Gasteiger partial charge on any atom is 0.416 e. The smallest absolute Gasteiger partial charge is 0.383 e. The van der Waals surface area contributed by atoms with Crippen LogP contribution in [0.3, 0.4) is 0 Å². The Bertz CT molecular complexity index is 586. The van der Waals surface area contributed by atoms with E-state index < -0.39 is 22.0 Å². The maximum absolute atomic E-state index is 12.7. The number of hydrogen-bond donors (Lipinski definition) is 0. The molecule has 0 N–H and O–H groups in total. The summed E-state index contributed by atoms with van der Waals surface area (Å²) in [7, 11) is 2.38. The molecule has 0 spiro atoms. The van der Waals surface area contributed by atoms with Gasteiger partial charge in [0.05, 0.1) is 11.1 Å². The monoisotopic (exact) mass is 370 g/mol. The molecule has 0 aromatic heterocycles. The van der Waals surface area contributed by atoms with Crippen molar-refractivity contribution in [2.75, 3.05) is 28.2 Å². The summed E-state index contributed by atoms with van der Waals surface area (Å²) in [5.41, 5.74) is 0.625. The van der Waals surface area contributed by atoms with Gasteiger partial charge in [-0.3, -0.25) is 0 Å². The maximum atomic E-state index is 12.7. The van der Waals surface area contributed by atoms with Crippen LogP contribution in [0, 0.1) is 10.2 Å². The summed E-state index contributed by atoms with van der Waals surface area (Å²) in [6, 6.07) is 5.33. The first-order valence-corrected chi connectivity index (χ1v) is 7.62. The third kappa shape index (κ3) is 11.0. The van der Waals surface area contributed by atoms with Crippen molar-refractivity contribution in [1.29, 1.82) is 0 Å². The van der Waals surface area contributed by atoms with Gasteiger partial charge in [0, 0.05) is 20.3 Å². The summed E-state index contributed by atoms with van der Waals surface area (Å²) in [5, 5.41) is 0. The van der Waals surface area contributed by atoms with Crippen molar-refractivity contribution in [1.82, 2.24) is 4.90 Å². The van der Waals surface area contributed by atoms with Crippen molar-refractivity contribution >= 4 is 11.8 Å². The second-order valence-corrected chi connectivity index (χ2v) is 5.85. The van der Waals surface area contributed by atoms with Crippen molar-refractivity contribution in [2.45, 2.75) is 6.18 Å². The van der Waals surface area contributed by atoms with Gasteiger partial charge >= 0.3 is 6.18 Å². The Morgan fingerprint density at radius 1 is 1.12 bits per heavy atom. The summed E-state index contributed by atoms with van der Waals surface area (Å²) in [6.07, 6.45) is -0.748. The molecular weight excluding hydrogens is 353 g/mol. The Labute approximate surface area is 140 Å². The van der Waals surface area contributed by atoms with Crippen molar-refractivity contribution < 1.29 is 46.6 Å². The molecule has 24 heavy (non-hydrogen) atoms. The van der Waals surface area contributed by atoms with Crippen LogP contribution in [0.4, 0.5) is 13.2 Å². The third-order valence-corrected chi connectivity index (χ3v) is 2.32. The molecule has 0 amide bonds. The molecule has 0 heterocycles. The van der Waals surface area contributed by atoms with Gasteiger partial charge in [0.25, 0.3) is 0 Å². The van der Waals surface area contributed by atoms with Crippen molar-refractivity contribution in [2.24, 2.45) is 0 Å². The van der Waals surface area contributed by atoms with Crippen molar-refractivity contribution in [3.05, 3.63) is 41.6 Å². The first kappa shape index (κ1) is 22.4. The fourth-order valence-corrected chi connectivity index (χ4v) is 1.61. The molecule has 0 unspecified atom stereocenters. The van der Waals surface area contributed by atoms with E-state index in [-0.39, 0.29) is 0 Å². The largest absolute Gasteiger partial charge is 0.416 e. The van der Waals surface area contributed by atoms with E-state index in [0.29, 0.717) is 5.56 Å². The predicted molar refractivity (Wildman–Crippen MR) is 71.3 cm³/mol. The average molecular weight is 371 g/mol. The Kier molecular flexibility index (Phi) is 8.38. The molecule has 0 bridgehead atoms. The van der Waals surface area contributed by atoms with Gasteiger partial charge in [0.15, 0.2) is 6.21 Å². The molecule has 0 fully saturated rings. The molecule has 6 nitrogen and oxygen atoms in total. The van der Waals surface area contributed by atoms with E-state index in [1.54, 1.807) is 28.0 Å². The Morgan fingerprint density at radius 3 is 2.00 bits per heavy atom. The molecule has 136 valence electrons. The minimum absolute atomic E-state index is 0.539. The van der Waals surface area contributed by atoms with Gasteiger partial charge in [-0.05, 0) is 17.7 Å². The molecule has 0 aliphatic rings. The predicted octanol–water partition coefficient (Wildman–Crippen LogP) is -1.81. The molecule has 10 heteroatoms. The summed E-state index contributed by atoms with van der Waals surface area (Å²) in [6.45, 7) is 0. The fourth-order valence-electron chi connectivity index (χ4n) is 1.61. The molecule has 1 rings (SSSR count). The van der Waals surface area contributed by atoms with Crippen LogP contribution in [0.25, 0.3) is 5.57 Å². The van der Waals surface area contributed by atoms with Gasteiger partial charge in [0.2, 0.25) is 0 Å². The molecule has 0 aliphatic carbocycles. The van der Waals surface area contributed by atoms with Crippen LogP contribution in [0.2, 0.25) is 0 Å². The van der Waals surface area contributed by atoms with Gasteiger partial charge < -0.3 is 4.90 Å². The Hall–Kier alpha value is -1.65. The number of halogens is 4. The van der Waals surface area contributed by atoms with Crippen LogP contribution in [-0.4, -0.2) is 43.9 Å². The zero-order valence-electron chi connectivity index (χ0n) is 13.5. The van der Waals surface area contributed by atoms with Crippen molar-refractivity contribution in [3.8, 4) is 0 Å². The lowest BCUT2D eigenvalue weighted by Gasteiger charge is -2.17. The lowest BCUT2D eigenvalue weighted by atomic mass is 10.0. The molecule has 1 aromatic rings. The van der Waals surface area contributed by atoms with Crippen LogP contribution in [0.1, 0.15) is 11.1 Å². The van der Waals surface area contributed by atoms with Gasteiger partial charge in [-0.15, -0.1) is 10.2 Å². The van der Waals surface area contributed by atoms with E-state index in [1.807, 2.05) is 28.2 Å². The molecule has 0 aliphatic heterocycles. The van der Waals surface area contributed by atoms with Crippen molar-refractivity contribution in [3.63, 3.8) is 0 Å². The van der Waals surface area contributed by atoms with E-state index in [9.17, 15) is 13.2 Å². The van der Waals surface area contributed by atoms with E-state index in [2.05, 4.69) is 0 Å². The highest BCUT2D eigenvalue weighted by Gasteiger charge is 2.30. The highest BCUT2D eigenvalue weighted by Crippen LogP contribution is 2.30. The highest BCUT2D eigenvalue weighted by molar-refractivity contribution is 6.07. The molecule has 0 saturated carbocycles. The van der Waals surface area contributed by atoms with Gasteiger partial charge in [-0.1, -0.05) is 12.1 Å². The SMILES string of the molecule is CN(C)C=C(C=[N+](C)C)c1cccc(C(F)(F)F)c1.[O-][Cl+3]([O-])([O-])[O-]. The number of rotatable bonds is 3. The Balaban J connectivity index is 0.000000922. The minimum atomic E-state index is -4.94. The lowest BCUT2D eigenvalue weighted by Crippen LogP contribution is -2.68. The number of hydrogen-bond acceptors (Lipinski definition) is 5. The van der Waals surface area contributed by atoms with E-state index in [1.165, 1.54) is 6.07 Å². The number of alkyl halides is 3. The van der Waals surface area contributed by atoms with E-state index >= 15 is 0 Å². The van der Waals surface area contributed by atoms with Crippen LogP contribution >= 0.6 is 0 Å². The zero-order chi connectivity index (χ0) is 19.1. The second-order valence-electron chi connectivity index (χ2n) is 5.10. The topological polar surface area (TPSA) is 98.5 Å². The molecule has 0 saturated heterocycles. The normalized spacial score (nSPS) is 12.2. The Morgan fingerprint density at radius 2 is 1.62 bits per heavy atom. The van der Waals surface area contributed by atoms with Crippen LogP contribution in [0.15, 0.2) is 30.5 Å². The summed E-state index contributed by atoms with van der Waals surface area (Å²) >= 11 is 0. The van der Waals surface area contributed by atoms with Crippen LogP contribution < -0.4 is 18.6 Å². The molecule has 1 aromatic carbocycles. The first-order valence-electron chi connectivity index (χ1n) is 6.39. The second kappa shape index (κ2) is 9.00. The van der Waals surface area contributed by atoms with Gasteiger partial charge in [-0.2, -0.15) is 13.2 Å². The first-order chi connectivity index (χ1) is 10.7. The van der Waals surface area contributed by atoms with Crippen LogP contribution in [0.5, 0.6) is 0 Å².